The number of likely N-dealkylation sites (tertiary alicyclic amines) is 1. The van der Waals surface area contributed by atoms with Crippen LogP contribution in [0.25, 0.3) is 17.0 Å². The molecule has 3 unspecified atom stereocenters. The van der Waals surface area contributed by atoms with Crippen molar-refractivity contribution in [1.29, 1.82) is 0 Å². The first-order chi connectivity index (χ1) is 18.1. The Morgan fingerprint density at radius 2 is 1.74 bits per heavy atom. The molecule has 0 bridgehead atoms. The van der Waals surface area contributed by atoms with Gasteiger partial charge in [0.2, 0.25) is 5.91 Å². The number of amides is 1. The van der Waals surface area contributed by atoms with Gasteiger partial charge in [-0.25, -0.2) is 9.97 Å². The zero-order valence-electron chi connectivity index (χ0n) is 23.5. The third-order valence-electron chi connectivity index (χ3n) is 7.24. The molecule has 1 saturated heterocycles. The molecule has 1 aromatic carbocycles. The molecule has 1 amide bonds. The van der Waals surface area contributed by atoms with Crippen molar-refractivity contribution in [1.82, 2.24) is 14.9 Å². The molecule has 0 spiro atoms. The second-order valence-corrected chi connectivity index (χ2v) is 10.7. The Morgan fingerprint density at radius 3 is 2.37 bits per heavy atom. The van der Waals surface area contributed by atoms with E-state index in [2.05, 4.69) is 54.2 Å². The molecule has 4 rings (SSSR count). The molecule has 38 heavy (non-hydrogen) atoms. The summed E-state index contributed by atoms with van der Waals surface area (Å²) in [6.45, 7) is 13.1. The fraction of sp³-hybridized carbons (Fsp3) is 0.438. The average Bonchev–Trinajstić information content (AvgIpc) is 3.10. The number of nitrogens with zero attached hydrogens (tertiary/aromatic N) is 3. The van der Waals surface area contributed by atoms with E-state index < -0.39 is 11.9 Å². The maximum Gasteiger partial charge on any atom is 0.308 e. The number of allylic oxidation sites excluding steroid dienone is 6. The van der Waals surface area contributed by atoms with Gasteiger partial charge in [-0.05, 0) is 29.9 Å². The minimum Gasteiger partial charge on any atom is -0.481 e. The van der Waals surface area contributed by atoms with Crippen LogP contribution in [0.5, 0.6) is 0 Å². The predicted octanol–water partition coefficient (Wildman–Crippen LogP) is 6.45. The van der Waals surface area contributed by atoms with Crippen LogP contribution in [-0.2, 0) is 16.0 Å². The summed E-state index contributed by atoms with van der Waals surface area (Å²) in [5, 5.41) is 9.46. The average molecular weight is 516 g/mol. The first kappa shape index (κ1) is 29.0. The highest BCUT2D eigenvalue weighted by Crippen LogP contribution is 2.28. The highest BCUT2D eigenvalue weighted by molar-refractivity contribution is 5.80. The summed E-state index contributed by atoms with van der Waals surface area (Å²) >= 11 is 0. The van der Waals surface area contributed by atoms with E-state index in [1.807, 2.05) is 64.4 Å². The third kappa shape index (κ3) is 7.27. The topological polar surface area (TPSA) is 83.4 Å². The van der Waals surface area contributed by atoms with E-state index in [4.69, 9.17) is 0 Å². The maximum absolute atomic E-state index is 13.0. The van der Waals surface area contributed by atoms with Crippen molar-refractivity contribution in [2.45, 2.75) is 54.4 Å². The molecule has 1 N–H and O–H groups in total. The second-order valence-electron chi connectivity index (χ2n) is 10.7. The van der Waals surface area contributed by atoms with E-state index in [1.54, 1.807) is 4.90 Å². The first-order valence-corrected chi connectivity index (χ1v) is 13.6. The van der Waals surface area contributed by atoms with Crippen molar-refractivity contribution in [3.05, 3.63) is 78.2 Å². The van der Waals surface area contributed by atoms with E-state index in [0.717, 1.165) is 28.7 Å². The monoisotopic (exact) mass is 515 g/mol. The number of carbonyl (C=O) groups excluding carboxylic acids is 1. The number of aliphatic carboxylic acids is 1. The molecule has 202 valence electrons. The Balaban J connectivity index is 0.00000195. The molecule has 3 atom stereocenters. The molecule has 1 aliphatic heterocycles. The fourth-order valence-electron chi connectivity index (χ4n) is 4.77. The number of carboxylic acid groups (broad SMARTS) is 1. The molecule has 6 heteroatoms. The Labute approximate surface area is 227 Å². The van der Waals surface area contributed by atoms with E-state index in [1.165, 1.54) is 0 Å². The number of aromatic nitrogens is 2. The normalized spacial score (nSPS) is 21.0. The van der Waals surface area contributed by atoms with E-state index >= 15 is 0 Å². The van der Waals surface area contributed by atoms with Gasteiger partial charge in [-0.1, -0.05) is 96.2 Å². The van der Waals surface area contributed by atoms with Crippen LogP contribution >= 0.6 is 0 Å². The molecule has 2 aromatic rings. The smallest absolute Gasteiger partial charge is 0.308 e. The lowest BCUT2D eigenvalue weighted by Gasteiger charge is -2.36. The van der Waals surface area contributed by atoms with E-state index in [-0.39, 0.29) is 23.2 Å². The zero-order chi connectivity index (χ0) is 27.9. The highest BCUT2D eigenvalue weighted by atomic mass is 16.4. The van der Waals surface area contributed by atoms with Crippen LogP contribution in [0.3, 0.4) is 0 Å². The van der Waals surface area contributed by atoms with Gasteiger partial charge in [0, 0.05) is 47.9 Å². The van der Waals surface area contributed by atoms with Gasteiger partial charge >= 0.3 is 5.97 Å². The fourth-order valence-corrected chi connectivity index (χ4v) is 4.77. The predicted molar refractivity (Wildman–Crippen MR) is 153 cm³/mol. The van der Waals surface area contributed by atoms with Crippen LogP contribution in [0.2, 0.25) is 0 Å². The summed E-state index contributed by atoms with van der Waals surface area (Å²) in [5.74, 6) is -0.744. The van der Waals surface area contributed by atoms with Crippen LogP contribution in [-0.4, -0.2) is 44.9 Å². The lowest BCUT2D eigenvalue weighted by atomic mass is 9.86. The van der Waals surface area contributed by atoms with Gasteiger partial charge in [-0.2, -0.15) is 0 Å². The standard InChI is InChI=1S/C30H35N3O3.C2H6/c1-20-12-15-33(19-26(20)29(35)36)28(34)21(2)16-22-7-9-24(10-8-22)27-31-17-25(18-32-27)23-6-5-13-30(3,4)14-11-23;1-2/h5-11,13-14,17-18,20-21,26H,12,15-16,19H2,1-4H3,(H,35,36);1-2H3. The third-order valence-corrected chi connectivity index (χ3v) is 7.24. The van der Waals surface area contributed by atoms with Crippen molar-refractivity contribution >= 4 is 17.4 Å². The molecular weight excluding hydrogens is 474 g/mol. The number of carboxylic acids is 1. The molecule has 6 nitrogen and oxygen atoms in total. The molecule has 2 aliphatic rings. The van der Waals surface area contributed by atoms with Crippen molar-refractivity contribution in [2.24, 2.45) is 23.2 Å². The lowest BCUT2D eigenvalue weighted by Crippen LogP contribution is -2.47. The van der Waals surface area contributed by atoms with Crippen molar-refractivity contribution < 1.29 is 14.7 Å². The number of benzene rings is 1. The quantitative estimate of drug-likeness (QED) is 0.478. The van der Waals surface area contributed by atoms with Crippen LogP contribution in [0.4, 0.5) is 0 Å². The molecule has 0 saturated carbocycles. The SMILES string of the molecule is CC.CC(Cc1ccc(-c2ncc(C3=CC=CC(C)(C)C=C3)cn2)cc1)C(=O)N1CCC(C)C(C(=O)O)C1. The van der Waals surface area contributed by atoms with E-state index in [9.17, 15) is 14.7 Å². The molecule has 1 aromatic heterocycles. The van der Waals surface area contributed by atoms with Gasteiger partial charge in [-0.3, -0.25) is 9.59 Å². The number of piperidine rings is 1. The highest BCUT2D eigenvalue weighted by Gasteiger charge is 2.34. The van der Waals surface area contributed by atoms with Crippen LogP contribution in [0.1, 0.15) is 59.1 Å². The maximum atomic E-state index is 13.0. The van der Waals surface area contributed by atoms with Gasteiger partial charge < -0.3 is 10.0 Å². The summed E-state index contributed by atoms with van der Waals surface area (Å²) in [4.78, 5) is 35.4. The minimum atomic E-state index is -0.818. The van der Waals surface area contributed by atoms with Crippen LogP contribution in [0.15, 0.2) is 67.0 Å². The summed E-state index contributed by atoms with van der Waals surface area (Å²) < 4.78 is 0. The first-order valence-electron chi connectivity index (χ1n) is 13.6. The number of hydrogen-bond donors (Lipinski definition) is 1. The van der Waals surface area contributed by atoms with E-state index in [0.29, 0.717) is 25.3 Å². The minimum absolute atomic E-state index is 0.0240. The van der Waals surface area contributed by atoms with Crippen LogP contribution in [0, 0.1) is 23.2 Å². The van der Waals surface area contributed by atoms with Gasteiger partial charge in [0.25, 0.3) is 0 Å². The number of carbonyl (C=O) groups is 2. The number of hydrogen-bond acceptors (Lipinski definition) is 4. The molecule has 1 fully saturated rings. The van der Waals surface area contributed by atoms with Gasteiger partial charge in [0.1, 0.15) is 0 Å². The van der Waals surface area contributed by atoms with Crippen LogP contribution < -0.4 is 0 Å². The van der Waals surface area contributed by atoms with Crippen molar-refractivity contribution in [3.63, 3.8) is 0 Å². The Morgan fingerprint density at radius 1 is 1.08 bits per heavy atom. The van der Waals surface area contributed by atoms with Crippen molar-refractivity contribution in [3.8, 4) is 11.4 Å². The zero-order valence-corrected chi connectivity index (χ0v) is 23.5. The summed E-state index contributed by atoms with van der Waals surface area (Å²) in [6, 6.07) is 8.00. The van der Waals surface area contributed by atoms with Crippen molar-refractivity contribution in [2.75, 3.05) is 13.1 Å². The molecule has 0 radical (unpaired) electrons. The molecular formula is C32H41N3O3. The second kappa shape index (κ2) is 12.8. The van der Waals surface area contributed by atoms with Gasteiger partial charge in [0.05, 0.1) is 5.92 Å². The Hall–Kier alpha value is -3.54. The molecule has 1 aliphatic carbocycles. The summed E-state index contributed by atoms with van der Waals surface area (Å²) in [6.07, 6.45) is 15.6. The molecule has 2 heterocycles. The largest absolute Gasteiger partial charge is 0.481 e. The summed E-state index contributed by atoms with van der Waals surface area (Å²) in [5.41, 5.74) is 4.05. The Kier molecular flexibility index (Phi) is 9.78. The van der Waals surface area contributed by atoms with Gasteiger partial charge in [-0.15, -0.1) is 0 Å². The Bertz CT molecular complexity index is 1190. The summed E-state index contributed by atoms with van der Waals surface area (Å²) in [7, 11) is 0. The van der Waals surface area contributed by atoms with Gasteiger partial charge in [0.15, 0.2) is 5.82 Å². The number of rotatable bonds is 6. The lowest BCUT2D eigenvalue weighted by molar-refractivity contribution is -0.149.